The van der Waals surface area contributed by atoms with E-state index in [1.807, 2.05) is 6.07 Å². The number of hydrogen-bond acceptors (Lipinski definition) is 3. The van der Waals surface area contributed by atoms with Gasteiger partial charge in [-0.2, -0.15) is 0 Å². The minimum Gasteiger partial charge on any atom is -0.493 e. The van der Waals surface area contributed by atoms with Gasteiger partial charge in [-0.25, -0.2) is 4.98 Å². The van der Waals surface area contributed by atoms with E-state index in [9.17, 15) is 0 Å². The topological polar surface area (TPSA) is 36.3 Å². The van der Waals surface area contributed by atoms with E-state index in [1.54, 1.807) is 0 Å². The highest BCUT2D eigenvalue weighted by molar-refractivity contribution is 5.76. The molecule has 0 spiro atoms. The van der Waals surface area contributed by atoms with Gasteiger partial charge in [-0.3, -0.25) is 0 Å². The SMILES string of the molecule is Cc1ccc(C)c(OCCCn2c(C3CCCO3)nc3ccccc32)c1. The maximum Gasteiger partial charge on any atom is 0.139 e. The summed E-state index contributed by atoms with van der Waals surface area (Å²) in [6, 6.07) is 14.7. The Labute approximate surface area is 154 Å². The first kappa shape index (κ1) is 17.1. The molecule has 1 fully saturated rings. The standard InChI is InChI=1S/C22H26N2O2/c1-16-10-11-17(2)21(15-16)26-14-6-12-24-19-8-4-3-7-18(19)23-22(24)20-9-5-13-25-20/h3-4,7-8,10-11,15,20H,5-6,9,12-14H2,1-2H3. The van der Waals surface area contributed by atoms with Crippen LogP contribution in [0.4, 0.5) is 0 Å². The molecule has 4 nitrogen and oxygen atoms in total. The molecule has 1 aliphatic rings. The van der Waals surface area contributed by atoms with Gasteiger partial charge in [-0.15, -0.1) is 0 Å². The van der Waals surface area contributed by atoms with Crippen molar-refractivity contribution in [2.24, 2.45) is 0 Å². The number of fused-ring (bicyclic) bond motifs is 1. The highest BCUT2D eigenvalue weighted by atomic mass is 16.5. The third-order valence-electron chi connectivity index (χ3n) is 5.03. The Hall–Kier alpha value is -2.33. The minimum atomic E-state index is 0.127. The number of imidazole rings is 1. The Kier molecular flexibility index (Phi) is 4.93. The summed E-state index contributed by atoms with van der Waals surface area (Å²) in [6.07, 6.45) is 3.24. The molecule has 4 rings (SSSR count). The molecular weight excluding hydrogens is 324 g/mol. The first-order valence-electron chi connectivity index (χ1n) is 9.49. The largest absolute Gasteiger partial charge is 0.493 e. The number of para-hydroxylation sites is 2. The van der Waals surface area contributed by atoms with Gasteiger partial charge in [-0.1, -0.05) is 24.3 Å². The molecule has 136 valence electrons. The van der Waals surface area contributed by atoms with Crippen LogP contribution in [0.25, 0.3) is 11.0 Å². The van der Waals surface area contributed by atoms with Crippen molar-refractivity contribution >= 4 is 11.0 Å². The Balaban J connectivity index is 1.48. The summed E-state index contributed by atoms with van der Waals surface area (Å²) < 4.78 is 14.2. The lowest BCUT2D eigenvalue weighted by molar-refractivity contribution is 0.102. The molecule has 2 heterocycles. The van der Waals surface area contributed by atoms with Crippen molar-refractivity contribution in [2.75, 3.05) is 13.2 Å². The Morgan fingerprint density at radius 2 is 2.08 bits per heavy atom. The van der Waals surface area contributed by atoms with Gasteiger partial charge in [0, 0.05) is 13.2 Å². The van der Waals surface area contributed by atoms with E-state index in [0.29, 0.717) is 6.61 Å². The average molecular weight is 350 g/mol. The molecule has 0 aliphatic carbocycles. The van der Waals surface area contributed by atoms with Crippen LogP contribution in [0, 0.1) is 13.8 Å². The second-order valence-corrected chi connectivity index (χ2v) is 7.08. The predicted octanol–water partition coefficient (Wildman–Crippen LogP) is 4.97. The molecule has 4 heteroatoms. The van der Waals surface area contributed by atoms with Gasteiger partial charge in [0.1, 0.15) is 17.7 Å². The van der Waals surface area contributed by atoms with Crippen molar-refractivity contribution in [1.29, 1.82) is 0 Å². The molecule has 3 aromatic rings. The van der Waals surface area contributed by atoms with Gasteiger partial charge >= 0.3 is 0 Å². The van der Waals surface area contributed by atoms with E-state index in [4.69, 9.17) is 14.5 Å². The molecule has 1 saturated heterocycles. The first-order valence-corrected chi connectivity index (χ1v) is 9.49. The van der Waals surface area contributed by atoms with Crippen molar-refractivity contribution in [3.8, 4) is 5.75 Å². The van der Waals surface area contributed by atoms with Crippen LogP contribution >= 0.6 is 0 Å². The number of nitrogens with zero attached hydrogens (tertiary/aromatic N) is 2. The van der Waals surface area contributed by atoms with Gasteiger partial charge in [0.25, 0.3) is 0 Å². The number of aromatic nitrogens is 2. The van der Waals surface area contributed by atoms with Crippen LogP contribution in [-0.4, -0.2) is 22.8 Å². The molecule has 1 atom stereocenters. The number of hydrogen-bond donors (Lipinski definition) is 0. The van der Waals surface area contributed by atoms with E-state index in [2.05, 4.69) is 54.8 Å². The summed E-state index contributed by atoms with van der Waals surface area (Å²) in [7, 11) is 0. The molecular formula is C22H26N2O2. The molecule has 0 saturated carbocycles. The number of ether oxygens (including phenoxy) is 2. The van der Waals surface area contributed by atoms with Gasteiger partial charge in [-0.05, 0) is 62.4 Å². The van der Waals surface area contributed by atoms with Crippen molar-refractivity contribution in [3.05, 3.63) is 59.4 Å². The molecule has 1 aromatic heterocycles. The van der Waals surface area contributed by atoms with Crippen LogP contribution in [0.5, 0.6) is 5.75 Å². The molecule has 1 unspecified atom stereocenters. The van der Waals surface area contributed by atoms with Crippen LogP contribution in [0.2, 0.25) is 0 Å². The number of aryl methyl sites for hydroxylation is 3. The molecule has 0 N–H and O–H groups in total. The van der Waals surface area contributed by atoms with E-state index in [0.717, 1.165) is 49.5 Å². The molecule has 1 aliphatic heterocycles. The normalized spacial score (nSPS) is 17.1. The molecule has 0 amide bonds. The second-order valence-electron chi connectivity index (χ2n) is 7.08. The fourth-order valence-electron chi connectivity index (χ4n) is 3.62. The summed E-state index contributed by atoms with van der Waals surface area (Å²) in [5.74, 6) is 2.05. The maximum atomic E-state index is 6.03. The van der Waals surface area contributed by atoms with Gasteiger partial charge in [0.2, 0.25) is 0 Å². The summed E-state index contributed by atoms with van der Waals surface area (Å²) in [5.41, 5.74) is 4.65. The maximum absolute atomic E-state index is 6.03. The van der Waals surface area contributed by atoms with Crippen LogP contribution in [-0.2, 0) is 11.3 Å². The highest BCUT2D eigenvalue weighted by Gasteiger charge is 2.24. The van der Waals surface area contributed by atoms with Crippen molar-refractivity contribution in [3.63, 3.8) is 0 Å². The fourth-order valence-corrected chi connectivity index (χ4v) is 3.62. The zero-order chi connectivity index (χ0) is 17.9. The highest BCUT2D eigenvalue weighted by Crippen LogP contribution is 2.30. The lowest BCUT2D eigenvalue weighted by Crippen LogP contribution is -2.11. The third-order valence-corrected chi connectivity index (χ3v) is 5.03. The lowest BCUT2D eigenvalue weighted by Gasteiger charge is -2.14. The van der Waals surface area contributed by atoms with Crippen LogP contribution in [0.3, 0.4) is 0 Å². The Bertz CT molecular complexity index is 894. The smallest absolute Gasteiger partial charge is 0.139 e. The lowest BCUT2D eigenvalue weighted by atomic mass is 10.1. The summed E-state index contributed by atoms with van der Waals surface area (Å²) in [5, 5.41) is 0. The quantitative estimate of drug-likeness (QED) is 0.589. The molecule has 2 aromatic carbocycles. The Morgan fingerprint density at radius 1 is 1.19 bits per heavy atom. The van der Waals surface area contributed by atoms with Crippen molar-refractivity contribution in [1.82, 2.24) is 9.55 Å². The zero-order valence-electron chi connectivity index (χ0n) is 15.6. The van der Waals surface area contributed by atoms with Crippen molar-refractivity contribution < 1.29 is 9.47 Å². The van der Waals surface area contributed by atoms with Crippen LogP contribution in [0.15, 0.2) is 42.5 Å². The van der Waals surface area contributed by atoms with E-state index in [1.165, 1.54) is 16.6 Å². The van der Waals surface area contributed by atoms with Gasteiger partial charge < -0.3 is 14.0 Å². The van der Waals surface area contributed by atoms with Gasteiger partial charge in [0.15, 0.2) is 0 Å². The minimum absolute atomic E-state index is 0.127. The van der Waals surface area contributed by atoms with E-state index < -0.39 is 0 Å². The summed E-state index contributed by atoms with van der Waals surface area (Å²) in [6.45, 7) is 6.61. The average Bonchev–Trinajstić information content (AvgIpc) is 3.29. The van der Waals surface area contributed by atoms with E-state index in [-0.39, 0.29) is 6.10 Å². The molecule has 26 heavy (non-hydrogen) atoms. The summed E-state index contributed by atoms with van der Waals surface area (Å²) >= 11 is 0. The van der Waals surface area contributed by atoms with Crippen molar-refractivity contribution in [2.45, 2.75) is 45.8 Å². The van der Waals surface area contributed by atoms with Crippen LogP contribution < -0.4 is 4.74 Å². The van der Waals surface area contributed by atoms with Crippen LogP contribution in [0.1, 0.15) is 42.3 Å². The van der Waals surface area contributed by atoms with Gasteiger partial charge in [0.05, 0.1) is 17.6 Å². The first-order chi connectivity index (χ1) is 12.7. The monoisotopic (exact) mass is 350 g/mol. The number of rotatable bonds is 6. The number of benzene rings is 2. The molecule has 0 radical (unpaired) electrons. The fraction of sp³-hybridized carbons (Fsp3) is 0.409. The van der Waals surface area contributed by atoms with E-state index >= 15 is 0 Å². The third kappa shape index (κ3) is 3.47. The Morgan fingerprint density at radius 3 is 2.92 bits per heavy atom. The summed E-state index contributed by atoms with van der Waals surface area (Å²) in [4.78, 5) is 4.85. The zero-order valence-corrected chi connectivity index (χ0v) is 15.6. The second kappa shape index (κ2) is 7.50. The molecule has 0 bridgehead atoms. The predicted molar refractivity (Wildman–Crippen MR) is 104 cm³/mol.